The van der Waals surface area contributed by atoms with E-state index in [0.717, 1.165) is 5.69 Å². The Kier molecular flexibility index (Phi) is 6.49. The topological polar surface area (TPSA) is 16.1 Å². The lowest BCUT2D eigenvalue weighted by atomic mass is 9.80. The molecule has 0 saturated heterocycles. The summed E-state index contributed by atoms with van der Waals surface area (Å²) in [4.78, 5) is 6.93. The maximum atomic E-state index is 4.47. The molecule has 0 bridgehead atoms. The van der Waals surface area contributed by atoms with Gasteiger partial charge in [-0.1, -0.05) is 158 Å². The van der Waals surface area contributed by atoms with Crippen molar-refractivity contribution < 1.29 is 0 Å². The number of rotatable bonds is 4. The highest BCUT2D eigenvalue weighted by atomic mass is 15.2. The highest BCUT2D eigenvalue weighted by Crippen LogP contribution is 2.59. The van der Waals surface area contributed by atoms with Crippen molar-refractivity contribution in [3.63, 3.8) is 0 Å². The van der Waals surface area contributed by atoms with Crippen LogP contribution in [0.5, 0.6) is 0 Å². The Labute approximate surface area is 320 Å². The summed E-state index contributed by atoms with van der Waals surface area (Å²) in [5.74, 6) is 0.245. The predicted molar refractivity (Wildman–Crippen MR) is 230 cm³/mol. The van der Waals surface area contributed by atoms with Gasteiger partial charge in [-0.2, -0.15) is 0 Å². The van der Waals surface area contributed by atoms with Crippen LogP contribution < -0.4 is 4.90 Å². The molecule has 8 aromatic carbocycles. The Hall–Kier alpha value is -7.03. The second-order valence-corrected chi connectivity index (χ2v) is 15.0. The molecule has 1 aromatic heterocycles. The summed E-state index contributed by atoms with van der Waals surface area (Å²) in [7, 11) is 0. The second kappa shape index (κ2) is 11.7. The number of fused-ring (bicyclic) bond motifs is 9. The third-order valence-corrected chi connectivity index (χ3v) is 12.2. The van der Waals surface area contributed by atoms with Crippen molar-refractivity contribution in [2.24, 2.45) is 0 Å². The zero-order valence-electron chi connectivity index (χ0n) is 30.0. The predicted octanol–water partition coefficient (Wildman–Crippen LogP) is 13.7. The Morgan fingerprint density at radius 3 is 1.84 bits per heavy atom. The van der Waals surface area contributed by atoms with Crippen LogP contribution in [0.15, 0.2) is 188 Å². The van der Waals surface area contributed by atoms with E-state index in [0.29, 0.717) is 0 Å². The van der Waals surface area contributed by atoms with Crippen molar-refractivity contribution in [2.45, 2.75) is 12.0 Å². The summed E-state index contributed by atoms with van der Waals surface area (Å²) in [6.07, 6.45) is 8.57. The minimum Gasteiger partial charge on any atom is -0.332 e. The smallest absolute Gasteiger partial charge is 0.0636 e. The summed E-state index contributed by atoms with van der Waals surface area (Å²) in [5.41, 5.74) is 19.3. The third kappa shape index (κ3) is 4.34. The first-order valence-electron chi connectivity index (χ1n) is 19.2. The standard InChI is InChI=1S/C53H34N2/c1-3-13-33(14-4-1)48-41-18-7-8-19-42(41)49(34-15-5-2-6-16-34)53-45-28-27-38(40-21-11-22-44(50(40)45)52(48)53)35-24-26-39-36(31-35)25-29-47-51(39)43-20-9-10-23-46(43)55(47)37-17-12-30-54-32-37/h1-32,47,51H. The number of nitrogens with zero attached hydrogens (tertiary/aromatic N) is 2. The number of para-hydroxylation sites is 1. The van der Waals surface area contributed by atoms with Gasteiger partial charge < -0.3 is 4.90 Å². The van der Waals surface area contributed by atoms with Crippen LogP contribution in [0.3, 0.4) is 0 Å². The van der Waals surface area contributed by atoms with Crippen molar-refractivity contribution in [1.29, 1.82) is 0 Å². The van der Waals surface area contributed by atoms with Gasteiger partial charge in [0, 0.05) is 17.8 Å². The highest BCUT2D eigenvalue weighted by molar-refractivity contribution is 6.28. The fourth-order valence-electron chi connectivity index (χ4n) is 10.1. The molecule has 12 rings (SSSR count). The number of hydrogen-bond donors (Lipinski definition) is 0. The molecule has 1 aliphatic heterocycles. The lowest BCUT2D eigenvalue weighted by Crippen LogP contribution is -2.30. The number of benzene rings is 8. The Bertz CT molecular complexity index is 2940. The first kappa shape index (κ1) is 30.4. The van der Waals surface area contributed by atoms with Crippen molar-refractivity contribution in [3.05, 3.63) is 205 Å². The van der Waals surface area contributed by atoms with Crippen LogP contribution in [0.1, 0.15) is 22.6 Å². The molecule has 3 aliphatic rings. The number of hydrogen-bond acceptors (Lipinski definition) is 2. The highest BCUT2D eigenvalue weighted by Gasteiger charge is 2.41. The fourth-order valence-corrected chi connectivity index (χ4v) is 10.1. The van der Waals surface area contributed by atoms with Gasteiger partial charge in [-0.05, 0) is 118 Å². The van der Waals surface area contributed by atoms with Gasteiger partial charge in [0.1, 0.15) is 0 Å². The fraction of sp³-hybridized carbons (Fsp3) is 0.0377. The van der Waals surface area contributed by atoms with Gasteiger partial charge in [0.25, 0.3) is 0 Å². The lowest BCUT2D eigenvalue weighted by Gasteiger charge is -2.31. The van der Waals surface area contributed by atoms with Crippen LogP contribution in [0.25, 0.3) is 83.3 Å². The third-order valence-electron chi connectivity index (χ3n) is 12.2. The molecule has 0 fully saturated rings. The zero-order chi connectivity index (χ0) is 36.0. The van der Waals surface area contributed by atoms with E-state index in [1.165, 1.54) is 99.6 Å². The van der Waals surface area contributed by atoms with Gasteiger partial charge in [-0.25, -0.2) is 0 Å². The van der Waals surface area contributed by atoms with Gasteiger partial charge in [0.2, 0.25) is 0 Å². The number of aromatic nitrogens is 1. The second-order valence-electron chi connectivity index (χ2n) is 15.0. The van der Waals surface area contributed by atoms with E-state index < -0.39 is 0 Å². The molecule has 9 aromatic rings. The van der Waals surface area contributed by atoms with E-state index in [-0.39, 0.29) is 12.0 Å². The first-order valence-corrected chi connectivity index (χ1v) is 19.2. The van der Waals surface area contributed by atoms with E-state index in [4.69, 9.17) is 0 Å². The van der Waals surface area contributed by atoms with E-state index >= 15 is 0 Å². The lowest BCUT2D eigenvalue weighted by molar-refractivity contribution is 0.724. The largest absolute Gasteiger partial charge is 0.332 e. The number of anilines is 2. The molecule has 2 atom stereocenters. The molecule has 0 N–H and O–H groups in total. The van der Waals surface area contributed by atoms with Crippen molar-refractivity contribution in [2.75, 3.05) is 4.90 Å². The van der Waals surface area contributed by atoms with E-state index in [1.54, 1.807) is 0 Å². The molecule has 2 heteroatoms. The van der Waals surface area contributed by atoms with Gasteiger partial charge >= 0.3 is 0 Å². The van der Waals surface area contributed by atoms with Crippen LogP contribution in [0.2, 0.25) is 0 Å². The van der Waals surface area contributed by atoms with Crippen LogP contribution in [0.4, 0.5) is 11.4 Å². The monoisotopic (exact) mass is 698 g/mol. The minimum atomic E-state index is 0.198. The Morgan fingerprint density at radius 1 is 0.455 bits per heavy atom. The first-order chi connectivity index (χ1) is 27.3. The average molecular weight is 699 g/mol. The maximum absolute atomic E-state index is 4.47. The van der Waals surface area contributed by atoms with E-state index in [1.807, 2.05) is 18.5 Å². The molecular weight excluding hydrogens is 665 g/mol. The minimum absolute atomic E-state index is 0.198. The van der Waals surface area contributed by atoms with Gasteiger partial charge in [-0.3, -0.25) is 4.98 Å². The summed E-state index contributed by atoms with van der Waals surface area (Å²) in [6.45, 7) is 0. The molecule has 0 spiro atoms. The summed E-state index contributed by atoms with van der Waals surface area (Å²) >= 11 is 0. The molecule has 2 nitrogen and oxygen atoms in total. The van der Waals surface area contributed by atoms with Gasteiger partial charge in [0.05, 0.1) is 17.9 Å². The van der Waals surface area contributed by atoms with Crippen LogP contribution in [-0.2, 0) is 0 Å². The maximum Gasteiger partial charge on any atom is 0.0636 e. The van der Waals surface area contributed by atoms with Crippen molar-refractivity contribution in [3.8, 4) is 55.6 Å². The SMILES string of the molecule is C1=CC2C(c3ccc(-c4ccc5c6c(cccc46)-c4c-5c(-c5ccccc5)c5ccccc5c4-c4ccccc4)cc31)c1ccccc1N2c1cccnc1. The molecule has 256 valence electrons. The summed E-state index contributed by atoms with van der Waals surface area (Å²) in [6, 6.07) is 63.1. The molecule has 55 heavy (non-hydrogen) atoms. The molecule has 2 aliphatic carbocycles. The van der Waals surface area contributed by atoms with Crippen LogP contribution in [-0.4, -0.2) is 11.0 Å². The molecule has 0 saturated carbocycles. The average Bonchev–Trinajstić information content (AvgIpc) is 3.77. The van der Waals surface area contributed by atoms with Gasteiger partial charge in [0.15, 0.2) is 0 Å². The summed E-state index contributed by atoms with van der Waals surface area (Å²) in [5, 5.41) is 5.20. The Balaban J connectivity index is 1.06. The quantitative estimate of drug-likeness (QED) is 0.182. The molecule has 2 unspecified atom stereocenters. The van der Waals surface area contributed by atoms with Gasteiger partial charge in [-0.15, -0.1) is 0 Å². The molecule has 0 radical (unpaired) electrons. The molecule has 0 amide bonds. The van der Waals surface area contributed by atoms with Crippen molar-refractivity contribution in [1.82, 2.24) is 4.98 Å². The molecular formula is C53H34N2. The van der Waals surface area contributed by atoms with E-state index in [9.17, 15) is 0 Å². The number of pyridine rings is 1. The van der Waals surface area contributed by atoms with Crippen molar-refractivity contribution >= 4 is 39.0 Å². The molecule has 2 heterocycles. The summed E-state index contributed by atoms with van der Waals surface area (Å²) < 4.78 is 0. The van der Waals surface area contributed by atoms with Crippen LogP contribution >= 0.6 is 0 Å². The Morgan fingerprint density at radius 2 is 1.11 bits per heavy atom. The normalized spacial score (nSPS) is 15.9. The van der Waals surface area contributed by atoms with E-state index in [2.05, 4.69) is 186 Å². The van der Waals surface area contributed by atoms with Crippen LogP contribution in [0, 0.1) is 0 Å². The zero-order valence-corrected chi connectivity index (χ0v) is 30.0.